The topological polar surface area (TPSA) is 50.6 Å². The number of hydrogen-bond donors (Lipinski definition) is 0. The lowest BCUT2D eigenvalue weighted by Crippen LogP contribution is -2.48. The first-order valence-electron chi connectivity index (χ1n) is 9.95. The van der Waals surface area contributed by atoms with Gasteiger partial charge in [-0.1, -0.05) is 23.7 Å². The maximum Gasteiger partial charge on any atom is 0.264 e. The SMILES string of the molecule is Cc1nn(C)cc1CN1CCN(C(=O)c2cc(COc3ccccc3Cl)cs2)CC1. The fourth-order valence-corrected chi connectivity index (χ4v) is 4.65. The Labute approximate surface area is 185 Å². The molecule has 1 fully saturated rings. The van der Waals surface area contributed by atoms with Crippen molar-refractivity contribution >= 4 is 28.8 Å². The summed E-state index contributed by atoms with van der Waals surface area (Å²) in [4.78, 5) is 18.0. The van der Waals surface area contributed by atoms with Crippen LogP contribution in [0.25, 0.3) is 0 Å². The Morgan fingerprint density at radius 2 is 2.00 bits per heavy atom. The molecule has 1 saturated heterocycles. The largest absolute Gasteiger partial charge is 0.487 e. The van der Waals surface area contributed by atoms with Gasteiger partial charge in [0, 0.05) is 57.1 Å². The minimum absolute atomic E-state index is 0.0983. The minimum Gasteiger partial charge on any atom is -0.487 e. The van der Waals surface area contributed by atoms with E-state index >= 15 is 0 Å². The molecule has 0 saturated carbocycles. The molecule has 0 radical (unpaired) electrons. The maximum atomic E-state index is 12.9. The molecule has 2 aromatic heterocycles. The molecule has 1 aliphatic heterocycles. The molecule has 0 unspecified atom stereocenters. The standard InChI is InChI=1S/C22H25ClN4O2S/c1-16-18(12-25(2)24-16)13-26-7-9-27(10-8-26)22(28)21-11-17(15-30-21)14-29-20-6-4-3-5-19(20)23/h3-6,11-12,15H,7-10,13-14H2,1-2H3. The van der Waals surface area contributed by atoms with E-state index in [0.29, 0.717) is 17.4 Å². The van der Waals surface area contributed by atoms with Gasteiger partial charge < -0.3 is 9.64 Å². The van der Waals surface area contributed by atoms with Crippen molar-refractivity contribution in [3.8, 4) is 5.75 Å². The normalized spacial score (nSPS) is 14.8. The van der Waals surface area contributed by atoms with E-state index in [1.165, 1.54) is 16.9 Å². The van der Waals surface area contributed by atoms with Gasteiger partial charge in [0.1, 0.15) is 12.4 Å². The van der Waals surface area contributed by atoms with E-state index in [-0.39, 0.29) is 5.91 Å². The van der Waals surface area contributed by atoms with Crippen molar-refractivity contribution in [2.75, 3.05) is 26.2 Å². The number of benzene rings is 1. The van der Waals surface area contributed by atoms with E-state index in [1.807, 2.05) is 53.2 Å². The number of amides is 1. The Morgan fingerprint density at radius 1 is 1.23 bits per heavy atom. The van der Waals surface area contributed by atoms with Gasteiger partial charge in [-0.25, -0.2) is 0 Å². The monoisotopic (exact) mass is 444 g/mol. The molecule has 1 aliphatic rings. The lowest BCUT2D eigenvalue weighted by molar-refractivity contribution is 0.0633. The molecule has 3 aromatic rings. The Bertz CT molecular complexity index is 1020. The second-order valence-corrected chi connectivity index (χ2v) is 8.84. The number of para-hydroxylation sites is 1. The third-order valence-corrected chi connectivity index (χ3v) is 6.54. The highest BCUT2D eigenvalue weighted by atomic mass is 35.5. The number of nitrogens with zero attached hydrogens (tertiary/aromatic N) is 4. The number of aromatic nitrogens is 2. The first-order chi connectivity index (χ1) is 14.5. The van der Waals surface area contributed by atoms with Crippen molar-refractivity contribution in [1.82, 2.24) is 19.6 Å². The van der Waals surface area contributed by atoms with Gasteiger partial charge >= 0.3 is 0 Å². The lowest BCUT2D eigenvalue weighted by atomic mass is 10.2. The number of aryl methyl sites for hydroxylation is 2. The van der Waals surface area contributed by atoms with Crippen molar-refractivity contribution in [2.24, 2.45) is 7.05 Å². The van der Waals surface area contributed by atoms with E-state index in [9.17, 15) is 4.79 Å². The average Bonchev–Trinajstić information content (AvgIpc) is 3.33. The molecule has 1 aromatic carbocycles. The predicted molar refractivity (Wildman–Crippen MR) is 119 cm³/mol. The molecule has 3 heterocycles. The van der Waals surface area contributed by atoms with Gasteiger partial charge in [-0.15, -0.1) is 11.3 Å². The predicted octanol–water partition coefficient (Wildman–Crippen LogP) is 3.98. The molecule has 0 bridgehead atoms. The molecular formula is C22H25ClN4O2S. The number of ether oxygens (including phenoxy) is 1. The van der Waals surface area contributed by atoms with Gasteiger partial charge in [0.2, 0.25) is 0 Å². The Hall–Kier alpha value is -2.35. The van der Waals surface area contributed by atoms with Gasteiger partial charge in [0.15, 0.2) is 0 Å². The van der Waals surface area contributed by atoms with Crippen LogP contribution >= 0.6 is 22.9 Å². The molecule has 8 heteroatoms. The number of piperazine rings is 1. The fourth-order valence-electron chi connectivity index (χ4n) is 3.60. The van der Waals surface area contributed by atoms with Crippen molar-refractivity contribution in [3.63, 3.8) is 0 Å². The highest BCUT2D eigenvalue weighted by Crippen LogP contribution is 2.25. The van der Waals surface area contributed by atoms with Crippen LogP contribution < -0.4 is 4.74 Å². The lowest BCUT2D eigenvalue weighted by Gasteiger charge is -2.34. The molecule has 0 spiro atoms. The summed E-state index contributed by atoms with van der Waals surface area (Å²) >= 11 is 7.60. The van der Waals surface area contributed by atoms with Crippen LogP contribution in [0.4, 0.5) is 0 Å². The molecule has 1 amide bonds. The van der Waals surface area contributed by atoms with Gasteiger partial charge in [-0.05, 0) is 30.5 Å². The van der Waals surface area contributed by atoms with Crippen molar-refractivity contribution in [2.45, 2.75) is 20.1 Å². The molecular weight excluding hydrogens is 420 g/mol. The number of hydrogen-bond acceptors (Lipinski definition) is 5. The zero-order valence-corrected chi connectivity index (χ0v) is 18.7. The minimum atomic E-state index is 0.0983. The number of halogens is 1. The summed E-state index contributed by atoms with van der Waals surface area (Å²) in [5.41, 5.74) is 3.30. The van der Waals surface area contributed by atoms with Crippen LogP contribution in [0.2, 0.25) is 5.02 Å². The third kappa shape index (κ3) is 4.86. The van der Waals surface area contributed by atoms with Crippen LogP contribution in [0.3, 0.4) is 0 Å². The molecule has 0 aliphatic carbocycles. The Morgan fingerprint density at radius 3 is 2.70 bits per heavy atom. The van der Waals surface area contributed by atoms with Crippen LogP contribution in [0, 0.1) is 6.92 Å². The summed E-state index contributed by atoms with van der Waals surface area (Å²) in [7, 11) is 1.95. The molecule has 6 nitrogen and oxygen atoms in total. The first kappa shape index (κ1) is 20.9. The van der Waals surface area contributed by atoms with Crippen molar-refractivity contribution in [3.05, 3.63) is 68.6 Å². The molecule has 0 N–H and O–H groups in total. The zero-order valence-electron chi connectivity index (χ0n) is 17.2. The average molecular weight is 445 g/mol. The second kappa shape index (κ2) is 9.20. The van der Waals surface area contributed by atoms with Gasteiger partial charge in [-0.2, -0.15) is 5.10 Å². The van der Waals surface area contributed by atoms with E-state index in [4.69, 9.17) is 16.3 Å². The highest BCUT2D eigenvalue weighted by Gasteiger charge is 2.24. The van der Waals surface area contributed by atoms with Crippen LogP contribution in [-0.4, -0.2) is 51.7 Å². The maximum absolute atomic E-state index is 12.9. The summed E-state index contributed by atoms with van der Waals surface area (Å²) < 4.78 is 7.64. The quantitative estimate of drug-likeness (QED) is 0.577. The summed E-state index contributed by atoms with van der Waals surface area (Å²) in [5, 5.41) is 6.97. The molecule has 4 rings (SSSR count). The number of thiophene rings is 1. The van der Waals surface area contributed by atoms with Crippen LogP contribution in [-0.2, 0) is 20.2 Å². The van der Waals surface area contributed by atoms with E-state index < -0.39 is 0 Å². The number of rotatable bonds is 6. The van der Waals surface area contributed by atoms with Crippen LogP contribution in [0.1, 0.15) is 26.5 Å². The van der Waals surface area contributed by atoms with E-state index in [1.54, 1.807) is 6.07 Å². The van der Waals surface area contributed by atoms with Gasteiger partial charge in [0.25, 0.3) is 5.91 Å². The third-order valence-electron chi connectivity index (χ3n) is 5.26. The van der Waals surface area contributed by atoms with Crippen molar-refractivity contribution in [1.29, 1.82) is 0 Å². The molecule has 0 atom stereocenters. The zero-order chi connectivity index (χ0) is 21.1. The van der Waals surface area contributed by atoms with Gasteiger partial charge in [0.05, 0.1) is 15.6 Å². The number of carbonyl (C=O) groups is 1. The summed E-state index contributed by atoms with van der Waals surface area (Å²) in [6.07, 6.45) is 2.07. The highest BCUT2D eigenvalue weighted by molar-refractivity contribution is 7.12. The van der Waals surface area contributed by atoms with Crippen LogP contribution in [0.15, 0.2) is 41.9 Å². The van der Waals surface area contributed by atoms with Crippen LogP contribution in [0.5, 0.6) is 5.75 Å². The summed E-state index contributed by atoms with van der Waals surface area (Å²) in [5.74, 6) is 0.749. The van der Waals surface area contributed by atoms with Crippen molar-refractivity contribution < 1.29 is 9.53 Å². The fraction of sp³-hybridized carbons (Fsp3) is 0.364. The molecule has 158 valence electrons. The molecule has 30 heavy (non-hydrogen) atoms. The summed E-state index contributed by atoms with van der Waals surface area (Å²) in [6.45, 7) is 6.53. The summed E-state index contributed by atoms with van der Waals surface area (Å²) in [6, 6.07) is 9.32. The number of carbonyl (C=O) groups excluding carboxylic acids is 1. The van der Waals surface area contributed by atoms with E-state index in [2.05, 4.69) is 16.2 Å². The first-order valence-corrected chi connectivity index (χ1v) is 11.2. The Balaban J connectivity index is 1.29. The van der Waals surface area contributed by atoms with Gasteiger partial charge in [-0.3, -0.25) is 14.4 Å². The van der Waals surface area contributed by atoms with E-state index in [0.717, 1.165) is 48.9 Å². The second-order valence-electron chi connectivity index (χ2n) is 7.52. The smallest absolute Gasteiger partial charge is 0.264 e. The Kier molecular flexibility index (Phi) is 6.41.